The van der Waals surface area contributed by atoms with E-state index in [1.165, 1.54) is 7.11 Å². The Bertz CT molecular complexity index is 878. The Kier molecular flexibility index (Phi) is 4.96. The van der Waals surface area contributed by atoms with Crippen LogP contribution < -0.4 is 4.74 Å². The van der Waals surface area contributed by atoms with Gasteiger partial charge in [0.2, 0.25) is 0 Å². The number of benzene rings is 2. The van der Waals surface area contributed by atoms with Gasteiger partial charge in [0, 0.05) is 21.0 Å². The number of ether oxygens (including phenoxy) is 2. The molecule has 1 heterocycles. The minimum atomic E-state index is -0.317. The molecule has 122 valence electrons. The maximum Gasteiger partial charge on any atom is 0.338 e. The Balaban J connectivity index is 1.90. The monoisotopic (exact) mass is 338 g/mol. The lowest BCUT2D eigenvalue weighted by Gasteiger charge is -2.07. The molecule has 0 amide bonds. The molecule has 0 fully saturated rings. The van der Waals surface area contributed by atoms with Crippen LogP contribution in [-0.2, 0) is 16.1 Å². The number of allylic oxidation sites excluding steroid dienone is 1. The second kappa shape index (κ2) is 7.32. The molecule has 0 unspecified atom stereocenters. The summed E-state index contributed by atoms with van der Waals surface area (Å²) < 4.78 is 11.8. The van der Waals surface area contributed by atoms with Gasteiger partial charge in [-0.2, -0.15) is 0 Å². The predicted molar refractivity (Wildman–Crippen MR) is 98.3 cm³/mol. The minimum absolute atomic E-state index is 0.317. The molecule has 1 aromatic heterocycles. The Morgan fingerprint density at radius 2 is 1.96 bits per heavy atom. The van der Waals surface area contributed by atoms with Crippen molar-refractivity contribution in [1.29, 1.82) is 0 Å². The Hall–Kier alpha value is -2.59. The molecule has 3 rings (SSSR count). The summed E-state index contributed by atoms with van der Waals surface area (Å²) >= 11 is 1.62. The molecule has 0 aliphatic heterocycles. The second-order valence-electron chi connectivity index (χ2n) is 5.28. The van der Waals surface area contributed by atoms with Crippen LogP contribution >= 0.6 is 11.3 Å². The van der Waals surface area contributed by atoms with E-state index in [2.05, 4.69) is 18.2 Å². The number of hydrogen-bond donors (Lipinski definition) is 0. The number of methoxy groups -OCH3 is 1. The van der Waals surface area contributed by atoms with Gasteiger partial charge in [-0.3, -0.25) is 0 Å². The van der Waals surface area contributed by atoms with E-state index in [9.17, 15) is 4.79 Å². The molecule has 0 aliphatic carbocycles. The van der Waals surface area contributed by atoms with Gasteiger partial charge >= 0.3 is 5.97 Å². The summed E-state index contributed by atoms with van der Waals surface area (Å²) in [6.45, 7) is 2.33. The minimum Gasteiger partial charge on any atom is -0.489 e. The summed E-state index contributed by atoms with van der Waals surface area (Å²) in [5.41, 5.74) is 2.56. The van der Waals surface area contributed by atoms with Crippen molar-refractivity contribution in [2.45, 2.75) is 13.5 Å². The average molecular weight is 338 g/mol. The normalized spacial score (nSPS) is 11.5. The number of esters is 1. The summed E-state index contributed by atoms with van der Waals surface area (Å²) in [5, 5.41) is 3.05. The van der Waals surface area contributed by atoms with Gasteiger partial charge < -0.3 is 9.47 Å². The van der Waals surface area contributed by atoms with Crippen LogP contribution in [0.5, 0.6) is 5.75 Å². The van der Waals surface area contributed by atoms with Crippen LogP contribution in [-0.4, -0.2) is 13.1 Å². The van der Waals surface area contributed by atoms with E-state index < -0.39 is 0 Å². The van der Waals surface area contributed by atoms with Crippen molar-refractivity contribution in [1.82, 2.24) is 0 Å². The van der Waals surface area contributed by atoms with Crippen LogP contribution in [0, 0.1) is 0 Å². The molecule has 0 bridgehead atoms. The van der Waals surface area contributed by atoms with Crippen molar-refractivity contribution in [2.24, 2.45) is 0 Å². The first-order valence-corrected chi connectivity index (χ1v) is 8.54. The third-order valence-electron chi connectivity index (χ3n) is 3.77. The molecular formula is C20H18O3S. The number of fused-ring (bicyclic) bond motifs is 1. The molecule has 0 saturated heterocycles. The topological polar surface area (TPSA) is 35.5 Å². The molecule has 0 spiro atoms. The number of carbonyl (C=O) groups excluding carboxylic acids is 1. The van der Waals surface area contributed by atoms with Crippen molar-refractivity contribution in [3.05, 3.63) is 71.1 Å². The highest BCUT2D eigenvalue weighted by Crippen LogP contribution is 2.32. The zero-order chi connectivity index (χ0) is 16.9. The first kappa shape index (κ1) is 16.3. The summed E-state index contributed by atoms with van der Waals surface area (Å²) in [5.74, 6) is 0.523. The van der Waals surface area contributed by atoms with Gasteiger partial charge in [0.1, 0.15) is 12.4 Å². The van der Waals surface area contributed by atoms with E-state index in [1.54, 1.807) is 17.4 Å². The van der Waals surface area contributed by atoms with Gasteiger partial charge in [-0.05, 0) is 36.8 Å². The molecular weight excluding hydrogens is 320 g/mol. The molecule has 4 heteroatoms. The highest BCUT2D eigenvalue weighted by atomic mass is 32.1. The second-order valence-corrected chi connectivity index (χ2v) is 6.19. The third kappa shape index (κ3) is 3.34. The maximum absolute atomic E-state index is 12.0. The molecule has 2 aromatic carbocycles. The van der Waals surface area contributed by atoms with Crippen molar-refractivity contribution >= 4 is 33.0 Å². The quantitative estimate of drug-likeness (QED) is 0.482. The molecule has 0 saturated carbocycles. The van der Waals surface area contributed by atoms with E-state index in [1.807, 2.05) is 42.6 Å². The first-order chi connectivity index (χ1) is 11.7. The van der Waals surface area contributed by atoms with Crippen LogP contribution in [0.15, 0.2) is 60.0 Å². The van der Waals surface area contributed by atoms with Gasteiger partial charge in [0.05, 0.1) is 12.7 Å². The van der Waals surface area contributed by atoms with Crippen molar-refractivity contribution in [2.75, 3.05) is 7.11 Å². The van der Waals surface area contributed by atoms with Crippen LogP contribution in [0.4, 0.5) is 0 Å². The van der Waals surface area contributed by atoms with Crippen LogP contribution in [0.3, 0.4) is 0 Å². The lowest BCUT2D eigenvalue weighted by molar-refractivity contribution is -0.133. The van der Waals surface area contributed by atoms with Gasteiger partial charge in [-0.1, -0.05) is 30.3 Å². The fourth-order valence-electron chi connectivity index (χ4n) is 2.55. The molecule has 24 heavy (non-hydrogen) atoms. The lowest BCUT2D eigenvalue weighted by Crippen LogP contribution is -2.03. The van der Waals surface area contributed by atoms with Crippen LogP contribution in [0.25, 0.3) is 15.7 Å². The number of para-hydroxylation sites is 1. The number of carbonyl (C=O) groups is 1. The van der Waals surface area contributed by atoms with Gasteiger partial charge in [0.25, 0.3) is 0 Å². The van der Waals surface area contributed by atoms with Crippen LogP contribution in [0.2, 0.25) is 0 Å². The Morgan fingerprint density at radius 1 is 1.17 bits per heavy atom. The fraction of sp³-hybridized carbons (Fsp3) is 0.150. The Morgan fingerprint density at radius 3 is 2.67 bits per heavy atom. The van der Waals surface area contributed by atoms with Crippen molar-refractivity contribution in [3.63, 3.8) is 0 Å². The number of thiophene rings is 1. The zero-order valence-corrected chi connectivity index (χ0v) is 14.4. The number of rotatable bonds is 5. The van der Waals surface area contributed by atoms with Crippen molar-refractivity contribution < 1.29 is 14.3 Å². The molecule has 0 atom stereocenters. The SMILES string of the molecule is CC=C(C(=O)OC)c1csc2ccc(COc3ccccc3)cc12. The smallest absolute Gasteiger partial charge is 0.338 e. The van der Waals surface area contributed by atoms with E-state index in [0.717, 1.165) is 27.0 Å². The van der Waals surface area contributed by atoms with Crippen molar-refractivity contribution in [3.8, 4) is 5.75 Å². The molecule has 0 N–H and O–H groups in total. The fourth-order valence-corrected chi connectivity index (χ4v) is 3.49. The summed E-state index contributed by atoms with van der Waals surface area (Å²) in [6, 6.07) is 15.9. The van der Waals surface area contributed by atoms with Gasteiger partial charge in [0.15, 0.2) is 0 Å². The predicted octanol–water partition coefficient (Wildman–Crippen LogP) is 5.06. The maximum atomic E-state index is 12.0. The summed E-state index contributed by atoms with van der Waals surface area (Å²) in [4.78, 5) is 12.0. The molecule has 3 nitrogen and oxygen atoms in total. The first-order valence-electron chi connectivity index (χ1n) is 7.66. The highest BCUT2D eigenvalue weighted by molar-refractivity contribution is 7.17. The Labute approximate surface area is 145 Å². The van der Waals surface area contributed by atoms with E-state index in [4.69, 9.17) is 9.47 Å². The van der Waals surface area contributed by atoms with Gasteiger partial charge in [-0.15, -0.1) is 11.3 Å². The zero-order valence-electron chi connectivity index (χ0n) is 13.6. The van der Waals surface area contributed by atoms with E-state index >= 15 is 0 Å². The van der Waals surface area contributed by atoms with Gasteiger partial charge in [-0.25, -0.2) is 4.79 Å². The molecule has 0 radical (unpaired) electrons. The van der Waals surface area contributed by atoms with E-state index in [0.29, 0.717) is 12.2 Å². The number of hydrogen-bond acceptors (Lipinski definition) is 4. The lowest BCUT2D eigenvalue weighted by atomic mass is 10.0. The standard InChI is InChI=1S/C20H18O3S/c1-3-16(20(21)22-2)18-13-24-19-10-9-14(11-17(18)19)12-23-15-7-5-4-6-8-15/h3-11,13H,12H2,1-2H3. The molecule has 0 aliphatic rings. The largest absolute Gasteiger partial charge is 0.489 e. The van der Waals surface area contributed by atoms with E-state index in [-0.39, 0.29) is 5.97 Å². The summed E-state index contributed by atoms with van der Waals surface area (Å²) in [6.07, 6.45) is 1.79. The third-order valence-corrected chi connectivity index (χ3v) is 4.73. The van der Waals surface area contributed by atoms with Crippen LogP contribution in [0.1, 0.15) is 18.1 Å². The molecule has 3 aromatic rings. The average Bonchev–Trinajstić information content (AvgIpc) is 3.04. The highest BCUT2D eigenvalue weighted by Gasteiger charge is 2.16. The summed E-state index contributed by atoms with van der Waals surface area (Å²) in [7, 11) is 1.40.